The van der Waals surface area contributed by atoms with Gasteiger partial charge in [0.05, 0.1) is 4.92 Å². The average Bonchev–Trinajstić information content (AvgIpc) is 2.02. The third-order valence-electron chi connectivity index (χ3n) is 1.28. The molecule has 0 spiro atoms. The third kappa shape index (κ3) is 1.78. The summed E-state index contributed by atoms with van der Waals surface area (Å²) in [5, 5.41) is 10.7. The number of rotatable bonds is 2. The molecule has 0 aliphatic heterocycles. The number of nitrogens with two attached hydrogens (primary N) is 2. The Morgan fingerprint density at radius 1 is 1.38 bits per heavy atom. The molecule has 7 nitrogen and oxygen atoms in total. The van der Waals surface area contributed by atoms with E-state index in [1.54, 1.807) is 6.26 Å². The first kappa shape index (κ1) is 9.52. The smallest absolute Gasteiger partial charge is 0.352 e. The molecule has 0 saturated heterocycles. The number of aromatic nitrogens is 2. The van der Waals surface area contributed by atoms with E-state index in [1.807, 2.05) is 0 Å². The van der Waals surface area contributed by atoms with E-state index < -0.39 is 10.6 Å². The van der Waals surface area contributed by atoms with Crippen molar-refractivity contribution < 1.29 is 4.92 Å². The van der Waals surface area contributed by atoms with E-state index in [2.05, 4.69) is 9.97 Å². The second kappa shape index (κ2) is 3.44. The standard InChI is InChI=1S/C5H7N5O2S/c1-13-5-8-3(6)2(10(11)12)4(7)9-5/h1H3,(H4,6,7,8,9). The predicted molar refractivity (Wildman–Crippen MR) is 49.3 cm³/mol. The number of nitrogen functional groups attached to an aromatic ring is 2. The Balaban J connectivity index is 3.31. The molecule has 0 aromatic carbocycles. The van der Waals surface area contributed by atoms with Crippen molar-refractivity contribution in [1.29, 1.82) is 0 Å². The van der Waals surface area contributed by atoms with Gasteiger partial charge in [-0.2, -0.15) is 9.97 Å². The highest BCUT2D eigenvalue weighted by Gasteiger charge is 2.20. The van der Waals surface area contributed by atoms with Gasteiger partial charge in [-0.3, -0.25) is 10.1 Å². The van der Waals surface area contributed by atoms with Crippen molar-refractivity contribution in [3.63, 3.8) is 0 Å². The maximum absolute atomic E-state index is 10.4. The molecule has 0 saturated carbocycles. The van der Waals surface area contributed by atoms with Crippen molar-refractivity contribution in [1.82, 2.24) is 9.97 Å². The van der Waals surface area contributed by atoms with Crippen LogP contribution in [0.15, 0.2) is 5.16 Å². The highest BCUT2D eigenvalue weighted by molar-refractivity contribution is 7.98. The van der Waals surface area contributed by atoms with E-state index in [0.29, 0.717) is 5.16 Å². The first-order chi connectivity index (χ1) is 6.06. The number of thioether (sulfide) groups is 1. The molecule has 0 bridgehead atoms. The summed E-state index contributed by atoms with van der Waals surface area (Å²) in [5.41, 5.74) is 10.2. The number of hydrogen-bond donors (Lipinski definition) is 2. The van der Waals surface area contributed by atoms with Crippen LogP contribution in [0.3, 0.4) is 0 Å². The van der Waals surface area contributed by atoms with Gasteiger partial charge < -0.3 is 11.5 Å². The Morgan fingerprint density at radius 3 is 2.15 bits per heavy atom. The Labute approximate surface area is 77.7 Å². The molecule has 1 rings (SSSR count). The molecule has 70 valence electrons. The average molecular weight is 201 g/mol. The lowest BCUT2D eigenvalue weighted by atomic mass is 10.4. The molecule has 4 N–H and O–H groups in total. The van der Waals surface area contributed by atoms with Gasteiger partial charge in [0, 0.05) is 0 Å². The Kier molecular flexibility index (Phi) is 2.52. The van der Waals surface area contributed by atoms with Crippen molar-refractivity contribution in [2.45, 2.75) is 5.16 Å². The fourth-order valence-electron chi connectivity index (χ4n) is 0.747. The van der Waals surface area contributed by atoms with Gasteiger partial charge >= 0.3 is 5.69 Å². The fourth-order valence-corrected chi connectivity index (χ4v) is 1.13. The van der Waals surface area contributed by atoms with E-state index >= 15 is 0 Å². The van der Waals surface area contributed by atoms with Gasteiger partial charge in [-0.25, -0.2) is 0 Å². The topological polar surface area (TPSA) is 121 Å². The maximum Gasteiger partial charge on any atom is 0.352 e. The van der Waals surface area contributed by atoms with Gasteiger partial charge in [-0.05, 0) is 6.26 Å². The zero-order chi connectivity index (χ0) is 10.0. The monoisotopic (exact) mass is 201 g/mol. The van der Waals surface area contributed by atoms with E-state index in [-0.39, 0.29) is 11.6 Å². The number of hydrogen-bond acceptors (Lipinski definition) is 7. The summed E-state index contributed by atoms with van der Waals surface area (Å²) in [6.45, 7) is 0. The van der Waals surface area contributed by atoms with Crippen molar-refractivity contribution in [3.05, 3.63) is 10.1 Å². The van der Waals surface area contributed by atoms with Crippen LogP contribution < -0.4 is 11.5 Å². The molecule has 0 aliphatic rings. The molecular weight excluding hydrogens is 194 g/mol. The molecule has 1 aromatic heterocycles. The molecule has 0 fully saturated rings. The first-order valence-corrected chi connectivity index (χ1v) is 4.40. The zero-order valence-corrected chi connectivity index (χ0v) is 7.54. The van der Waals surface area contributed by atoms with Gasteiger partial charge in [0.1, 0.15) is 0 Å². The minimum Gasteiger partial charge on any atom is -0.378 e. The highest BCUT2D eigenvalue weighted by atomic mass is 32.2. The predicted octanol–water partition coefficient (Wildman–Crippen LogP) is 0.271. The molecule has 0 unspecified atom stereocenters. The van der Waals surface area contributed by atoms with Crippen molar-refractivity contribution in [3.8, 4) is 0 Å². The second-order valence-corrected chi connectivity index (χ2v) is 2.86. The number of anilines is 2. The van der Waals surface area contributed by atoms with Crippen LogP contribution in [0.25, 0.3) is 0 Å². The molecule has 0 radical (unpaired) electrons. The molecule has 0 aliphatic carbocycles. The molecule has 13 heavy (non-hydrogen) atoms. The Hall–Kier alpha value is -1.57. The van der Waals surface area contributed by atoms with Crippen LogP contribution in [0.5, 0.6) is 0 Å². The van der Waals surface area contributed by atoms with Gasteiger partial charge in [-0.1, -0.05) is 11.8 Å². The van der Waals surface area contributed by atoms with Gasteiger partial charge in [0.15, 0.2) is 5.16 Å². The SMILES string of the molecule is CSc1nc(N)c([N+](=O)[O-])c(N)n1. The minimum atomic E-state index is -0.700. The lowest BCUT2D eigenvalue weighted by Crippen LogP contribution is -2.06. The summed E-state index contributed by atoms with van der Waals surface area (Å²) in [7, 11) is 0. The van der Waals surface area contributed by atoms with Gasteiger partial charge in [0.2, 0.25) is 11.6 Å². The largest absolute Gasteiger partial charge is 0.378 e. The van der Waals surface area contributed by atoms with Crippen LogP contribution in [0, 0.1) is 10.1 Å². The third-order valence-corrected chi connectivity index (χ3v) is 1.83. The fraction of sp³-hybridized carbons (Fsp3) is 0.200. The van der Waals surface area contributed by atoms with Crippen molar-refractivity contribution in [2.24, 2.45) is 0 Å². The first-order valence-electron chi connectivity index (χ1n) is 3.17. The Morgan fingerprint density at radius 2 is 1.85 bits per heavy atom. The van der Waals surface area contributed by atoms with E-state index in [1.165, 1.54) is 11.8 Å². The van der Waals surface area contributed by atoms with Crippen LogP contribution in [0.1, 0.15) is 0 Å². The van der Waals surface area contributed by atoms with Gasteiger partial charge in [-0.15, -0.1) is 0 Å². The van der Waals surface area contributed by atoms with Gasteiger partial charge in [0.25, 0.3) is 0 Å². The molecule has 0 atom stereocenters. The molecule has 8 heteroatoms. The molecular formula is C5H7N5O2S. The van der Waals surface area contributed by atoms with Crippen LogP contribution in [-0.2, 0) is 0 Å². The molecule has 1 heterocycles. The summed E-state index contributed by atoms with van der Waals surface area (Å²) < 4.78 is 0. The van der Waals surface area contributed by atoms with Crippen molar-refractivity contribution >= 4 is 29.1 Å². The second-order valence-electron chi connectivity index (χ2n) is 2.09. The maximum atomic E-state index is 10.4. The van der Waals surface area contributed by atoms with Crippen LogP contribution >= 0.6 is 11.8 Å². The summed E-state index contributed by atoms with van der Waals surface area (Å²) in [4.78, 5) is 17.1. The van der Waals surface area contributed by atoms with Crippen LogP contribution in [0.4, 0.5) is 17.3 Å². The van der Waals surface area contributed by atoms with E-state index in [9.17, 15) is 10.1 Å². The number of nitro groups is 1. The van der Waals surface area contributed by atoms with E-state index in [4.69, 9.17) is 11.5 Å². The van der Waals surface area contributed by atoms with E-state index in [0.717, 1.165) is 0 Å². The Bertz CT molecular complexity index is 332. The van der Waals surface area contributed by atoms with Crippen LogP contribution in [0.2, 0.25) is 0 Å². The molecule has 1 aromatic rings. The summed E-state index contributed by atoms with van der Waals surface area (Å²) in [6, 6.07) is 0. The highest BCUT2D eigenvalue weighted by Crippen LogP contribution is 2.26. The van der Waals surface area contributed by atoms with Crippen LogP contribution in [-0.4, -0.2) is 21.1 Å². The number of nitrogens with zero attached hydrogens (tertiary/aromatic N) is 3. The van der Waals surface area contributed by atoms with Crippen molar-refractivity contribution in [2.75, 3.05) is 17.7 Å². The normalized spacial score (nSPS) is 9.92. The zero-order valence-electron chi connectivity index (χ0n) is 6.72. The lowest BCUT2D eigenvalue weighted by molar-refractivity contribution is -0.383. The minimum absolute atomic E-state index is 0.207. The summed E-state index contributed by atoms with van der Waals surface area (Å²) in [6.07, 6.45) is 1.72. The molecule has 0 amide bonds. The quantitative estimate of drug-likeness (QED) is 0.305. The summed E-state index contributed by atoms with van der Waals surface area (Å²) in [5.74, 6) is -0.413. The summed E-state index contributed by atoms with van der Waals surface area (Å²) >= 11 is 1.21. The lowest BCUT2D eigenvalue weighted by Gasteiger charge is -2.00.